The molecule has 0 radical (unpaired) electrons. The number of amides is 1. The summed E-state index contributed by atoms with van der Waals surface area (Å²) in [6, 6.07) is 29.9. The number of nitrogens with zero attached hydrogens (tertiary/aromatic N) is 1. The van der Waals surface area contributed by atoms with Gasteiger partial charge in [-0.3, -0.25) is 4.79 Å². The van der Waals surface area contributed by atoms with E-state index in [1.165, 1.54) is 11.8 Å². The number of nitrogens with one attached hydrogen (secondary N) is 1. The minimum Gasteiger partial charge on any atom is -0.325 e. The number of pyridine rings is 1. The number of fused-ring (bicyclic) bond motifs is 1. The number of hydrogen-bond donors (Lipinski definition) is 1. The Labute approximate surface area is 174 Å². The van der Waals surface area contributed by atoms with Crippen molar-refractivity contribution in [1.82, 2.24) is 4.98 Å². The lowest BCUT2D eigenvalue weighted by atomic mass is 10.1. The number of rotatable bonds is 6. The smallest absolute Gasteiger partial charge is 0.234 e. The van der Waals surface area contributed by atoms with E-state index in [1.54, 1.807) is 0 Å². The normalized spacial score (nSPS) is 11.0. The van der Waals surface area contributed by atoms with Crippen LogP contribution in [0.4, 0.5) is 5.69 Å². The number of aromatic nitrogens is 1. The van der Waals surface area contributed by atoms with Crippen LogP contribution in [0.25, 0.3) is 23.1 Å². The Hall–Kier alpha value is -3.37. The first-order valence-corrected chi connectivity index (χ1v) is 10.4. The minimum atomic E-state index is -0.0439. The summed E-state index contributed by atoms with van der Waals surface area (Å²) in [4.78, 5) is 16.9. The van der Waals surface area contributed by atoms with Gasteiger partial charge in [-0.25, -0.2) is 4.98 Å². The number of carbonyl (C=O) groups is 1. The third-order valence-electron chi connectivity index (χ3n) is 4.39. The van der Waals surface area contributed by atoms with Gasteiger partial charge in [0.2, 0.25) is 5.91 Å². The fourth-order valence-electron chi connectivity index (χ4n) is 2.90. The van der Waals surface area contributed by atoms with E-state index >= 15 is 0 Å². The molecule has 4 heteroatoms. The monoisotopic (exact) mass is 396 g/mol. The van der Waals surface area contributed by atoms with Gasteiger partial charge in [-0.1, -0.05) is 90.6 Å². The average Bonchev–Trinajstić information content (AvgIpc) is 2.78. The lowest BCUT2D eigenvalue weighted by Gasteiger charge is -2.06. The van der Waals surface area contributed by atoms with E-state index in [4.69, 9.17) is 0 Å². The van der Waals surface area contributed by atoms with Crippen LogP contribution in [0.1, 0.15) is 11.1 Å². The van der Waals surface area contributed by atoms with E-state index in [-0.39, 0.29) is 5.91 Å². The first-order chi connectivity index (χ1) is 14.3. The van der Waals surface area contributed by atoms with Gasteiger partial charge in [0, 0.05) is 11.1 Å². The van der Waals surface area contributed by atoms with Crippen molar-refractivity contribution in [2.24, 2.45) is 0 Å². The molecule has 0 bridgehead atoms. The van der Waals surface area contributed by atoms with Crippen LogP contribution in [0.15, 0.2) is 96.0 Å². The highest BCUT2D eigenvalue weighted by molar-refractivity contribution is 7.99. The Morgan fingerprint density at radius 2 is 1.48 bits per heavy atom. The first kappa shape index (κ1) is 19.0. The Morgan fingerprint density at radius 1 is 0.793 bits per heavy atom. The quantitative estimate of drug-likeness (QED) is 0.315. The lowest BCUT2D eigenvalue weighted by Crippen LogP contribution is -2.14. The number of hydrogen-bond acceptors (Lipinski definition) is 3. The molecule has 0 spiro atoms. The molecule has 0 saturated heterocycles. The molecule has 4 rings (SSSR count). The molecule has 1 amide bonds. The molecule has 0 atom stereocenters. The summed E-state index contributed by atoms with van der Waals surface area (Å²) in [6.45, 7) is 0. The second kappa shape index (κ2) is 9.22. The van der Waals surface area contributed by atoms with Crippen LogP contribution >= 0.6 is 11.8 Å². The van der Waals surface area contributed by atoms with E-state index < -0.39 is 0 Å². The second-order valence-electron chi connectivity index (χ2n) is 6.55. The van der Waals surface area contributed by atoms with Crippen LogP contribution in [-0.2, 0) is 4.79 Å². The van der Waals surface area contributed by atoms with Gasteiger partial charge in [-0.15, -0.1) is 0 Å². The summed E-state index contributed by atoms with van der Waals surface area (Å²) in [5, 5.41) is 4.89. The number of benzene rings is 3. The molecule has 1 aromatic heterocycles. The Kier molecular flexibility index (Phi) is 6.03. The van der Waals surface area contributed by atoms with E-state index in [2.05, 4.69) is 34.6 Å². The number of carbonyl (C=O) groups excluding carboxylic acids is 1. The van der Waals surface area contributed by atoms with Gasteiger partial charge in [0.25, 0.3) is 0 Å². The third-order valence-corrected chi connectivity index (χ3v) is 5.32. The van der Waals surface area contributed by atoms with Crippen LogP contribution in [0.3, 0.4) is 0 Å². The van der Waals surface area contributed by atoms with E-state index in [9.17, 15) is 4.79 Å². The zero-order valence-electron chi connectivity index (χ0n) is 15.8. The summed E-state index contributed by atoms with van der Waals surface area (Å²) in [6.07, 6.45) is 4.13. The van der Waals surface area contributed by atoms with Gasteiger partial charge in [-0.05, 0) is 35.4 Å². The number of para-hydroxylation sites is 1. The minimum absolute atomic E-state index is 0.0439. The van der Waals surface area contributed by atoms with Gasteiger partial charge in [0.05, 0.1) is 16.3 Å². The largest absolute Gasteiger partial charge is 0.325 e. The topological polar surface area (TPSA) is 42.0 Å². The average molecular weight is 397 g/mol. The predicted molar refractivity (Wildman–Crippen MR) is 123 cm³/mol. The third kappa shape index (κ3) is 5.33. The highest BCUT2D eigenvalue weighted by Crippen LogP contribution is 2.20. The van der Waals surface area contributed by atoms with Crippen molar-refractivity contribution in [1.29, 1.82) is 0 Å². The van der Waals surface area contributed by atoms with Gasteiger partial charge in [-0.2, -0.15) is 0 Å². The van der Waals surface area contributed by atoms with Gasteiger partial charge >= 0.3 is 0 Å². The van der Waals surface area contributed by atoms with Gasteiger partial charge in [0.15, 0.2) is 0 Å². The Bertz CT molecular complexity index is 1140. The molecule has 0 aliphatic carbocycles. The van der Waals surface area contributed by atoms with Crippen molar-refractivity contribution < 1.29 is 4.79 Å². The zero-order chi connectivity index (χ0) is 19.9. The standard InChI is InChI=1S/C25H20N2OS/c28-24(18-29-25-17-14-21-8-4-5-9-23(21)27-25)26-22-15-12-20(13-16-22)11-10-19-6-2-1-3-7-19/h1-17H,18H2,(H,26,28)/b11-10+. The summed E-state index contributed by atoms with van der Waals surface area (Å²) in [7, 11) is 0. The van der Waals surface area contributed by atoms with E-state index in [0.717, 1.165) is 32.7 Å². The maximum absolute atomic E-state index is 12.3. The highest BCUT2D eigenvalue weighted by Gasteiger charge is 2.05. The molecule has 4 aromatic rings. The summed E-state index contributed by atoms with van der Waals surface area (Å²) in [5.41, 5.74) is 3.97. The van der Waals surface area contributed by atoms with Gasteiger partial charge < -0.3 is 5.32 Å². The molecule has 1 heterocycles. The van der Waals surface area contributed by atoms with Crippen molar-refractivity contribution in [3.8, 4) is 0 Å². The summed E-state index contributed by atoms with van der Waals surface area (Å²) in [5.74, 6) is 0.276. The molecule has 0 aliphatic heterocycles. The molecule has 3 aromatic carbocycles. The molecule has 0 fully saturated rings. The summed E-state index contributed by atoms with van der Waals surface area (Å²) < 4.78 is 0. The molecule has 142 valence electrons. The van der Waals surface area contributed by atoms with E-state index in [0.29, 0.717) is 5.75 Å². The van der Waals surface area contributed by atoms with Crippen molar-refractivity contribution in [3.63, 3.8) is 0 Å². The molecular formula is C25H20N2OS. The van der Waals surface area contributed by atoms with Crippen LogP contribution < -0.4 is 5.32 Å². The Morgan fingerprint density at radius 3 is 2.28 bits per heavy atom. The lowest BCUT2D eigenvalue weighted by molar-refractivity contribution is -0.113. The van der Waals surface area contributed by atoms with Crippen LogP contribution in [0.2, 0.25) is 0 Å². The molecule has 3 nitrogen and oxygen atoms in total. The number of thioether (sulfide) groups is 1. The van der Waals surface area contributed by atoms with Crippen molar-refractivity contribution >= 4 is 46.4 Å². The molecule has 0 unspecified atom stereocenters. The van der Waals surface area contributed by atoms with Crippen molar-refractivity contribution in [2.45, 2.75) is 5.03 Å². The van der Waals surface area contributed by atoms with E-state index in [1.807, 2.05) is 78.9 Å². The zero-order valence-corrected chi connectivity index (χ0v) is 16.6. The van der Waals surface area contributed by atoms with Gasteiger partial charge in [0.1, 0.15) is 0 Å². The fourth-order valence-corrected chi connectivity index (χ4v) is 3.58. The SMILES string of the molecule is O=C(CSc1ccc2ccccc2n1)Nc1ccc(/C=C/c2ccccc2)cc1. The fraction of sp³-hybridized carbons (Fsp3) is 0.0400. The van der Waals surface area contributed by atoms with Crippen molar-refractivity contribution in [2.75, 3.05) is 11.1 Å². The molecule has 1 N–H and O–H groups in total. The highest BCUT2D eigenvalue weighted by atomic mass is 32.2. The first-order valence-electron chi connectivity index (χ1n) is 9.38. The molecular weight excluding hydrogens is 376 g/mol. The molecule has 0 aliphatic rings. The van der Waals surface area contributed by atoms with Crippen LogP contribution in [0.5, 0.6) is 0 Å². The van der Waals surface area contributed by atoms with Crippen LogP contribution in [0, 0.1) is 0 Å². The predicted octanol–water partition coefficient (Wildman–Crippen LogP) is 6.14. The number of anilines is 1. The maximum Gasteiger partial charge on any atom is 0.234 e. The maximum atomic E-state index is 12.3. The van der Waals surface area contributed by atoms with Crippen molar-refractivity contribution in [3.05, 3.63) is 102 Å². The summed E-state index contributed by atoms with van der Waals surface area (Å²) >= 11 is 1.44. The Balaban J connectivity index is 1.31. The van der Waals surface area contributed by atoms with Crippen LogP contribution in [-0.4, -0.2) is 16.6 Å². The molecule has 29 heavy (non-hydrogen) atoms. The molecule has 0 saturated carbocycles. The second-order valence-corrected chi connectivity index (χ2v) is 7.54.